The van der Waals surface area contributed by atoms with Crippen LogP contribution in [0.5, 0.6) is 0 Å². The number of piperidine rings is 1. The average molecular weight is 360 g/mol. The molecule has 1 heterocycles. The van der Waals surface area contributed by atoms with Gasteiger partial charge in [-0.25, -0.2) is 0 Å². The number of rotatable bonds is 4. The molecule has 2 aliphatic rings. The van der Waals surface area contributed by atoms with Crippen molar-refractivity contribution >= 4 is 0 Å². The van der Waals surface area contributed by atoms with Gasteiger partial charge in [-0.05, 0) is 61.2 Å². The van der Waals surface area contributed by atoms with E-state index in [1.54, 1.807) is 6.07 Å². The Morgan fingerprint density at radius 2 is 1.65 bits per heavy atom. The molecule has 1 saturated carbocycles. The van der Waals surface area contributed by atoms with Gasteiger partial charge in [-0.2, -0.15) is 13.2 Å². The lowest BCUT2D eigenvalue weighted by molar-refractivity contribution is -0.137. The Hall–Kier alpha value is -1.85. The highest BCUT2D eigenvalue weighted by Gasteiger charge is 2.39. The molecular formula is C21H23F3N2. The van der Waals surface area contributed by atoms with Gasteiger partial charge in [-0.3, -0.25) is 0 Å². The van der Waals surface area contributed by atoms with Crippen molar-refractivity contribution in [3.63, 3.8) is 0 Å². The number of hydrogen-bond acceptors (Lipinski definition) is 2. The van der Waals surface area contributed by atoms with E-state index in [-0.39, 0.29) is 0 Å². The maximum absolute atomic E-state index is 12.9. The lowest BCUT2D eigenvalue weighted by Crippen LogP contribution is -2.41. The maximum atomic E-state index is 12.9. The smallest absolute Gasteiger partial charge is 0.317 e. The zero-order chi connectivity index (χ0) is 18.1. The van der Waals surface area contributed by atoms with Crippen LogP contribution in [0.4, 0.5) is 13.2 Å². The van der Waals surface area contributed by atoms with E-state index in [4.69, 9.17) is 0 Å². The Balaban J connectivity index is 1.41. The average Bonchev–Trinajstić information content (AvgIpc) is 3.41. The molecule has 0 aromatic heterocycles. The highest BCUT2D eigenvalue weighted by molar-refractivity contribution is 5.65. The number of alkyl halides is 3. The summed E-state index contributed by atoms with van der Waals surface area (Å²) in [4.78, 5) is 0. The Morgan fingerprint density at radius 1 is 0.923 bits per heavy atom. The molecule has 0 spiro atoms. The molecule has 5 heteroatoms. The van der Waals surface area contributed by atoms with Crippen molar-refractivity contribution in [2.75, 3.05) is 13.1 Å². The largest absolute Gasteiger partial charge is 0.416 e. The number of halogens is 3. The number of hydrogen-bond donors (Lipinski definition) is 2. The van der Waals surface area contributed by atoms with E-state index < -0.39 is 11.7 Å². The van der Waals surface area contributed by atoms with Crippen LogP contribution in [-0.4, -0.2) is 25.2 Å². The first-order valence-corrected chi connectivity index (χ1v) is 9.25. The first-order valence-electron chi connectivity index (χ1n) is 9.25. The summed E-state index contributed by atoms with van der Waals surface area (Å²) in [7, 11) is 0. The first kappa shape index (κ1) is 17.6. The maximum Gasteiger partial charge on any atom is 0.416 e. The molecule has 1 aliphatic carbocycles. The van der Waals surface area contributed by atoms with Crippen LogP contribution in [0.15, 0.2) is 48.5 Å². The third-order valence-electron chi connectivity index (χ3n) is 5.44. The minimum atomic E-state index is -4.31. The van der Waals surface area contributed by atoms with Gasteiger partial charge in [0.25, 0.3) is 0 Å². The summed E-state index contributed by atoms with van der Waals surface area (Å²) < 4.78 is 38.7. The van der Waals surface area contributed by atoms with Crippen molar-refractivity contribution in [3.05, 3.63) is 59.7 Å². The first-order chi connectivity index (χ1) is 12.5. The van der Waals surface area contributed by atoms with Crippen molar-refractivity contribution in [2.45, 2.75) is 43.4 Å². The van der Waals surface area contributed by atoms with Gasteiger partial charge in [0.05, 0.1) is 5.56 Å². The van der Waals surface area contributed by atoms with Gasteiger partial charge in [0.15, 0.2) is 0 Å². The second-order valence-electron chi connectivity index (χ2n) is 7.34. The summed E-state index contributed by atoms with van der Waals surface area (Å²) >= 11 is 0. The van der Waals surface area contributed by atoms with Crippen LogP contribution in [0.1, 0.15) is 36.3 Å². The molecule has 1 unspecified atom stereocenters. The van der Waals surface area contributed by atoms with E-state index in [9.17, 15) is 13.2 Å². The van der Waals surface area contributed by atoms with Crippen LogP contribution in [0.3, 0.4) is 0 Å². The van der Waals surface area contributed by atoms with Gasteiger partial charge < -0.3 is 10.6 Å². The summed E-state index contributed by atoms with van der Waals surface area (Å²) in [5.41, 5.74) is 2.09. The van der Waals surface area contributed by atoms with Gasteiger partial charge in [0.2, 0.25) is 0 Å². The normalized spacial score (nSPS) is 23.8. The van der Waals surface area contributed by atoms with Crippen molar-refractivity contribution in [1.29, 1.82) is 0 Å². The molecule has 2 N–H and O–H groups in total. The highest BCUT2D eigenvalue weighted by atomic mass is 19.4. The molecule has 1 aliphatic heterocycles. The predicted molar refractivity (Wildman–Crippen MR) is 97.1 cm³/mol. The quantitative estimate of drug-likeness (QED) is 0.835. The molecule has 0 bridgehead atoms. The monoisotopic (exact) mass is 360 g/mol. The standard InChI is InChI=1S/C21H23F3N2/c22-21(23,24)17-3-1-2-16(12-17)14-4-6-15(7-5-14)19-13-20(19)26-18-8-10-25-11-9-18/h1-7,12,18-20,25-26H,8-11,13H2/t19-,20?/m1/s1. The van der Waals surface area contributed by atoms with Crippen LogP contribution in [-0.2, 0) is 6.18 Å². The van der Waals surface area contributed by atoms with Crippen LogP contribution in [0.2, 0.25) is 0 Å². The summed E-state index contributed by atoms with van der Waals surface area (Å²) in [5, 5.41) is 7.12. The highest BCUT2D eigenvalue weighted by Crippen LogP contribution is 2.42. The molecule has 0 radical (unpaired) electrons. The van der Waals surface area contributed by atoms with Crippen LogP contribution in [0.25, 0.3) is 11.1 Å². The Bertz CT molecular complexity index is 749. The molecule has 2 aromatic rings. The van der Waals surface area contributed by atoms with Gasteiger partial charge in [-0.15, -0.1) is 0 Å². The lowest BCUT2D eigenvalue weighted by atomic mass is 10.00. The van der Waals surface area contributed by atoms with E-state index >= 15 is 0 Å². The zero-order valence-corrected chi connectivity index (χ0v) is 14.5. The molecular weight excluding hydrogens is 337 g/mol. The second kappa shape index (κ2) is 7.05. The Morgan fingerprint density at radius 3 is 2.35 bits per heavy atom. The fourth-order valence-corrected chi connectivity index (χ4v) is 3.84. The third-order valence-corrected chi connectivity index (χ3v) is 5.44. The number of benzene rings is 2. The zero-order valence-electron chi connectivity index (χ0n) is 14.5. The molecule has 26 heavy (non-hydrogen) atoms. The molecule has 138 valence electrons. The Kier molecular flexibility index (Phi) is 4.76. The van der Waals surface area contributed by atoms with Crippen LogP contribution >= 0.6 is 0 Å². The Labute approximate surface area is 151 Å². The van der Waals surface area contributed by atoms with Gasteiger partial charge in [0, 0.05) is 18.0 Å². The summed E-state index contributed by atoms with van der Waals surface area (Å²) in [5.74, 6) is 0.528. The van der Waals surface area contributed by atoms with Gasteiger partial charge >= 0.3 is 6.18 Å². The second-order valence-corrected chi connectivity index (χ2v) is 7.34. The minimum absolute atomic E-state index is 0.528. The molecule has 4 rings (SSSR count). The number of nitrogens with one attached hydrogen (secondary N) is 2. The van der Waals surface area contributed by atoms with E-state index in [0.29, 0.717) is 23.6 Å². The molecule has 0 amide bonds. The van der Waals surface area contributed by atoms with E-state index in [1.807, 2.05) is 12.1 Å². The van der Waals surface area contributed by atoms with Gasteiger partial charge in [-0.1, -0.05) is 36.4 Å². The molecule has 2 nitrogen and oxygen atoms in total. The fraction of sp³-hybridized carbons (Fsp3) is 0.429. The van der Waals surface area contributed by atoms with E-state index in [2.05, 4.69) is 22.8 Å². The summed E-state index contributed by atoms with van der Waals surface area (Å²) in [6.45, 7) is 2.17. The van der Waals surface area contributed by atoms with Crippen molar-refractivity contribution < 1.29 is 13.2 Å². The lowest BCUT2D eigenvalue weighted by Gasteiger charge is -2.24. The fourth-order valence-electron chi connectivity index (χ4n) is 3.84. The van der Waals surface area contributed by atoms with Crippen molar-refractivity contribution in [2.24, 2.45) is 0 Å². The third kappa shape index (κ3) is 3.94. The molecule has 2 atom stereocenters. The molecule has 1 saturated heterocycles. The van der Waals surface area contributed by atoms with E-state index in [1.165, 1.54) is 30.5 Å². The SMILES string of the molecule is FC(F)(F)c1cccc(-c2ccc([C@H]3CC3NC3CCNCC3)cc2)c1. The van der Waals surface area contributed by atoms with Gasteiger partial charge in [0.1, 0.15) is 0 Å². The van der Waals surface area contributed by atoms with E-state index in [0.717, 1.165) is 31.1 Å². The summed E-state index contributed by atoms with van der Waals surface area (Å²) in [6.07, 6.45) is -0.806. The van der Waals surface area contributed by atoms with Crippen molar-refractivity contribution in [3.8, 4) is 11.1 Å². The van der Waals surface area contributed by atoms with Crippen LogP contribution < -0.4 is 10.6 Å². The summed E-state index contributed by atoms with van der Waals surface area (Å²) in [6, 6.07) is 14.7. The topological polar surface area (TPSA) is 24.1 Å². The molecule has 2 aromatic carbocycles. The minimum Gasteiger partial charge on any atom is -0.317 e. The van der Waals surface area contributed by atoms with Crippen molar-refractivity contribution in [1.82, 2.24) is 10.6 Å². The predicted octanol–water partition coefficient (Wildman–Crippen LogP) is 4.57. The van der Waals surface area contributed by atoms with Crippen LogP contribution in [0, 0.1) is 0 Å². The molecule has 2 fully saturated rings.